The summed E-state index contributed by atoms with van der Waals surface area (Å²) in [5.41, 5.74) is 1.11. The predicted octanol–water partition coefficient (Wildman–Crippen LogP) is 4.16. The number of hydrogen-bond donors (Lipinski definition) is 1. The molecule has 0 aromatic rings. The van der Waals surface area contributed by atoms with Crippen molar-refractivity contribution in [3.8, 4) is 0 Å². The predicted molar refractivity (Wildman–Crippen MR) is 66.4 cm³/mol. The summed E-state index contributed by atoms with van der Waals surface area (Å²) in [6, 6.07) is 0. The number of rotatable bonds is 5. The summed E-state index contributed by atoms with van der Waals surface area (Å²) in [6.45, 7) is 6.76. The third-order valence-corrected chi connectivity index (χ3v) is 3.13. The van der Waals surface area contributed by atoms with Gasteiger partial charge in [-0.05, 0) is 24.7 Å². The molecule has 1 aliphatic rings. The molecule has 0 saturated heterocycles. The van der Waals surface area contributed by atoms with E-state index < -0.39 is 0 Å². The molecule has 0 amide bonds. The summed E-state index contributed by atoms with van der Waals surface area (Å²) < 4.78 is 0. The molecule has 0 heterocycles. The van der Waals surface area contributed by atoms with Crippen LogP contribution in [0.3, 0.4) is 0 Å². The molecule has 0 radical (unpaired) electrons. The average molecular weight is 224 g/mol. The topological polar surface area (TPSA) is 37.3 Å². The summed E-state index contributed by atoms with van der Waals surface area (Å²) in [6.07, 6.45) is 6.48. The van der Waals surface area contributed by atoms with Gasteiger partial charge in [0.25, 0.3) is 0 Å². The molecule has 1 rings (SSSR count). The van der Waals surface area contributed by atoms with Gasteiger partial charge in [-0.1, -0.05) is 33.6 Å². The Morgan fingerprint density at radius 3 is 2.31 bits per heavy atom. The van der Waals surface area contributed by atoms with E-state index >= 15 is 0 Å². The highest BCUT2D eigenvalue weighted by molar-refractivity contribution is 5.98. The largest absolute Gasteiger partial charge is 0.512 e. The Hall–Kier alpha value is -0.790. The lowest BCUT2D eigenvalue weighted by Gasteiger charge is -2.17. The first-order valence-electron chi connectivity index (χ1n) is 6.34. The van der Waals surface area contributed by atoms with Gasteiger partial charge in [0.05, 0.1) is 5.76 Å². The summed E-state index contributed by atoms with van der Waals surface area (Å²) in [4.78, 5) is 11.4. The Kier molecular flexibility index (Phi) is 4.57. The molecule has 0 fully saturated rings. The van der Waals surface area contributed by atoms with Gasteiger partial charge in [-0.3, -0.25) is 4.79 Å². The molecule has 2 heteroatoms. The van der Waals surface area contributed by atoms with E-state index in [-0.39, 0.29) is 5.78 Å². The van der Waals surface area contributed by atoms with Crippen molar-refractivity contribution >= 4 is 5.78 Å². The first-order chi connectivity index (χ1) is 7.40. The van der Waals surface area contributed by atoms with E-state index in [1.807, 2.05) is 0 Å². The van der Waals surface area contributed by atoms with Crippen molar-refractivity contribution in [1.82, 2.24) is 0 Å². The van der Waals surface area contributed by atoms with Crippen LogP contribution in [0.2, 0.25) is 0 Å². The van der Waals surface area contributed by atoms with Crippen LogP contribution in [0.15, 0.2) is 11.3 Å². The molecule has 0 aliphatic heterocycles. The fourth-order valence-electron chi connectivity index (χ4n) is 2.11. The Balaban J connectivity index is 2.17. The van der Waals surface area contributed by atoms with Gasteiger partial charge in [-0.25, -0.2) is 0 Å². The molecule has 0 saturated carbocycles. The van der Waals surface area contributed by atoms with Crippen molar-refractivity contribution in [1.29, 1.82) is 0 Å². The Morgan fingerprint density at radius 2 is 1.81 bits per heavy atom. The third-order valence-electron chi connectivity index (χ3n) is 3.13. The van der Waals surface area contributed by atoms with Crippen molar-refractivity contribution in [2.45, 2.75) is 65.7 Å². The zero-order valence-electron chi connectivity index (χ0n) is 10.8. The van der Waals surface area contributed by atoms with Gasteiger partial charge in [0.2, 0.25) is 0 Å². The number of Topliss-reactive ketones (excluding diaryl/α,β-unsaturated/α-hetero) is 1. The number of ketones is 1. The Morgan fingerprint density at radius 1 is 1.12 bits per heavy atom. The van der Waals surface area contributed by atoms with Crippen LogP contribution in [0.4, 0.5) is 0 Å². The minimum Gasteiger partial charge on any atom is -0.512 e. The highest BCUT2D eigenvalue weighted by Gasteiger charge is 2.21. The zero-order chi connectivity index (χ0) is 12.2. The lowest BCUT2D eigenvalue weighted by molar-refractivity contribution is -0.115. The van der Waals surface area contributed by atoms with Gasteiger partial charge in [0.15, 0.2) is 5.78 Å². The number of aliphatic hydroxyl groups is 1. The van der Waals surface area contributed by atoms with E-state index in [1.165, 1.54) is 12.8 Å². The molecule has 0 aromatic heterocycles. The van der Waals surface area contributed by atoms with Crippen molar-refractivity contribution in [2.24, 2.45) is 5.41 Å². The van der Waals surface area contributed by atoms with Crippen LogP contribution in [0.25, 0.3) is 0 Å². The van der Waals surface area contributed by atoms with E-state index in [9.17, 15) is 9.90 Å². The molecule has 2 nitrogen and oxygen atoms in total. The molecule has 92 valence electrons. The standard InChI is InChI=1S/C14H24O2/c1-14(2,3)10-6-4-5-7-11-12(15)8-9-13(11)16/h15H,4-10H2,1-3H3. The molecular weight excluding hydrogens is 200 g/mol. The number of allylic oxidation sites excluding steroid dienone is 2. The molecule has 1 aliphatic carbocycles. The molecule has 16 heavy (non-hydrogen) atoms. The molecule has 0 unspecified atom stereocenters. The second kappa shape index (κ2) is 5.51. The van der Waals surface area contributed by atoms with E-state index in [4.69, 9.17) is 0 Å². The Labute approximate surface area is 98.7 Å². The van der Waals surface area contributed by atoms with Gasteiger partial charge in [0.1, 0.15) is 0 Å². The maximum absolute atomic E-state index is 11.4. The van der Waals surface area contributed by atoms with Crippen LogP contribution in [0.5, 0.6) is 0 Å². The summed E-state index contributed by atoms with van der Waals surface area (Å²) in [7, 11) is 0. The number of hydrogen-bond acceptors (Lipinski definition) is 2. The number of aliphatic hydroxyl groups excluding tert-OH is 1. The third kappa shape index (κ3) is 4.38. The SMILES string of the molecule is CC(C)(C)CCCCCC1=C(O)CCC1=O. The number of carbonyl (C=O) groups excluding carboxylic acids is 1. The van der Waals surface area contributed by atoms with Crippen LogP contribution in [-0.2, 0) is 4.79 Å². The lowest BCUT2D eigenvalue weighted by Crippen LogP contribution is -2.04. The van der Waals surface area contributed by atoms with Crippen molar-refractivity contribution in [2.75, 3.05) is 0 Å². The number of unbranched alkanes of at least 4 members (excludes halogenated alkanes) is 2. The lowest BCUT2D eigenvalue weighted by atomic mass is 9.89. The van der Waals surface area contributed by atoms with Crippen molar-refractivity contribution in [3.05, 3.63) is 11.3 Å². The minimum absolute atomic E-state index is 0.160. The van der Waals surface area contributed by atoms with Crippen molar-refractivity contribution < 1.29 is 9.90 Å². The second-order valence-corrected chi connectivity index (χ2v) is 5.97. The summed E-state index contributed by atoms with van der Waals surface area (Å²) in [5, 5.41) is 9.50. The highest BCUT2D eigenvalue weighted by atomic mass is 16.3. The van der Waals surface area contributed by atoms with Crippen LogP contribution >= 0.6 is 0 Å². The van der Waals surface area contributed by atoms with Crippen LogP contribution < -0.4 is 0 Å². The first-order valence-corrected chi connectivity index (χ1v) is 6.34. The van der Waals surface area contributed by atoms with Gasteiger partial charge in [-0.15, -0.1) is 0 Å². The molecule has 0 atom stereocenters. The molecular formula is C14H24O2. The van der Waals surface area contributed by atoms with E-state index in [0.29, 0.717) is 29.6 Å². The van der Waals surface area contributed by atoms with Crippen molar-refractivity contribution in [3.63, 3.8) is 0 Å². The summed E-state index contributed by atoms with van der Waals surface area (Å²) in [5.74, 6) is 0.508. The second-order valence-electron chi connectivity index (χ2n) is 5.97. The van der Waals surface area contributed by atoms with Gasteiger partial charge >= 0.3 is 0 Å². The van der Waals surface area contributed by atoms with Gasteiger partial charge in [0, 0.05) is 18.4 Å². The van der Waals surface area contributed by atoms with Gasteiger partial charge in [-0.2, -0.15) is 0 Å². The summed E-state index contributed by atoms with van der Waals surface area (Å²) >= 11 is 0. The maximum atomic E-state index is 11.4. The molecule has 0 spiro atoms. The highest BCUT2D eigenvalue weighted by Crippen LogP contribution is 2.26. The van der Waals surface area contributed by atoms with Crippen LogP contribution in [-0.4, -0.2) is 10.9 Å². The van der Waals surface area contributed by atoms with Crippen LogP contribution in [0, 0.1) is 5.41 Å². The Bertz CT molecular complexity index is 282. The molecule has 0 bridgehead atoms. The monoisotopic (exact) mass is 224 g/mol. The minimum atomic E-state index is 0.160. The fraction of sp³-hybridized carbons (Fsp3) is 0.786. The van der Waals surface area contributed by atoms with E-state index in [2.05, 4.69) is 20.8 Å². The quantitative estimate of drug-likeness (QED) is 0.712. The van der Waals surface area contributed by atoms with E-state index in [1.54, 1.807) is 0 Å². The smallest absolute Gasteiger partial charge is 0.162 e. The maximum Gasteiger partial charge on any atom is 0.162 e. The van der Waals surface area contributed by atoms with Gasteiger partial charge < -0.3 is 5.11 Å². The molecule has 0 aromatic carbocycles. The first kappa shape index (κ1) is 13.3. The normalized spacial score (nSPS) is 17.3. The van der Waals surface area contributed by atoms with E-state index in [0.717, 1.165) is 19.3 Å². The van der Waals surface area contributed by atoms with Crippen LogP contribution in [0.1, 0.15) is 65.7 Å². The molecule has 1 N–H and O–H groups in total. The number of carbonyl (C=O) groups is 1. The average Bonchev–Trinajstić information content (AvgIpc) is 2.46. The zero-order valence-corrected chi connectivity index (χ0v) is 10.8. The fourth-order valence-corrected chi connectivity index (χ4v) is 2.11.